The van der Waals surface area contributed by atoms with Gasteiger partial charge in [-0.3, -0.25) is 14.9 Å². The van der Waals surface area contributed by atoms with Crippen LogP contribution in [0.25, 0.3) is 0 Å². The van der Waals surface area contributed by atoms with Crippen LogP contribution in [0.2, 0.25) is 0 Å². The minimum Gasteiger partial charge on any atom is -0.378 e. The van der Waals surface area contributed by atoms with E-state index in [0.29, 0.717) is 5.69 Å². The maximum absolute atomic E-state index is 12.5. The highest BCUT2D eigenvalue weighted by Crippen LogP contribution is 2.29. The van der Waals surface area contributed by atoms with E-state index in [0.717, 1.165) is 24.3 Å². The largest absolute Gasteiger partial charge is 0.416 e. The Morgan fingerprint density at radius 3 is 2.28 bits per heavy atom. The molecular formula is C16H14F3N3O3. The highest BCUT2D eigenvalue weighted by molar-refractivity contribution is 5.94. The van der Waals surface area contributed by atoms with E-state index in [1.54, 1.807) is 6.07 Å². The SMILES string of the molecule is O=C(NCCNc1ccccc1[N+](=O)[O-])c1ccc(C(F)(F)F)cc1. The normalized spacial score (nSPS) is 11.0. The summed E-state index contributed by atoms with van der Waals surface area (Å²) in [6.07, 6.45) is -4.46. The van der Waals surface area contributed by atoms with Crippen LogP contribution in [0, 0.1) is 10.1 Å². The fourth-order valence-corrected chi connectivity index (χ4v) is 2.07. The Bertz CT molecular complexity index is 761. The zero-order valence-electron chi connectivity index (χ0n) is 12.8. The molecule has 2 aromatic rings. The van der Waals surface area contributed by atoms with Crippen molar-refractivity contribution in [2.24, 2.45) is 0 Å². The predicted molar refractivity (Wildman–Crippen MR) is 85.4 cm³/mol. The number of benzene rings is 2. The van der Waals surface area contributed by atoms with Crippen molar-refractivity contribution in [2.45, 2.75) is 6.18 Å². The number of amides is 1. The Hall–Kier alpha value is -3.10. The van der Waals surface area contributed by atoms with E-state index in [1.807, 2.05) is 0 Å². The van der Waals surface area contributed by atoms with Crippen molar-refractivity contribution in [3.8, 4) is 0 Å². The van der Waals surface area contributed by atoms with Crippen LogP contribution in [0.4, 0.5) is 24.5 Å². The number of carbonyl (C=O) groups excluding carboxylic acids is 1. The summed E-state index contributed by atoms with van der Waals surface area (Å²) in [5.74, 6) is -0.530. The molecule has 0 radical (unpaired) electrons. The van der Waals surface area contributed by atoms with Gasteiger partial charge in [0.2, 0.25) is 0 Å². The lowest BCUT2D eigenvalue weighted by atomic mass is 10.1. The van der Waals surface area contributed by atoms with E-state index < -0.39 is 22.6 Å². The van der Waals surface area contributed by atoms with Gasteiger partial charge in [-0.25, -0.2) is 0 Å². The number of nitro benzene ring substituents is 1. The Morgan fingerprint density at radius 2 is 1.68 bits per heavy atom. The van der Waals surface area contributed by atoms with Gasteiger partial charge >= 0.3 is 6.18 Å². The molecule has 2 aromatic carbocycles. The van der Waals surface area contributed by atoms with Crippen LogP contribution in [-0.4, -0.2) is 23.9 Å². The lowest BCUT2D eigenvalue weighted by molar-refractivity contribution is -0.384. The molecule has 0 saturated carbocycles. The van der Waals surface area contributed by atoms with Crippen LogP contribution in [0.5, 0.6) is 0 Å². The molecule has 25 heavy (non-hydrogen) atoms. The Kier molecular flexibility index (Phi) is 5.58. The molecule has 132 valence electrons. The molecule has 2 N–H and O–H groups in total. The standard InChI is InChI=1S/C16H14F3N3O3/c17-16(18,19)12-7-5-11(6-8-12)15(23)21-10-9-20-13-3-1-2-4-14(13)22(24)25/h1-8,20H,9-10H2,(H,21,23). The molecule has 0 aliphatic carbocycles. The quantitative estimate of drug-likeness (QED) is 0.473. The van der Waals surface area contributed by atoms with Crippen LogP contribution >= 0.6 is 0 Å². The zero-order chi connectivity index (χ0) is 18.4. The highest BCUT2D eigenvalue weighted by atomic mass is 19.4. The topological polar surface area (TPSA) is 84.3 Å². The van der Waals surface area contributed by atoms with Crippen molar-refractivity contribution in [1.29, 1.82) is 0 Å². The third-order valence-electron chi connectivity index (χ3n) is 3.30. The molecule has 9 heteroatoms. The molecule has 0 fully saturated rings. The summed E-state index contributed by atoms with van der Waals surface area (Å²) in [5.41, 5.74) is -0.506. The Balaban J connectivity index is 1.86. The van der Waals surface area contributed by atoms with Gasteiger partial charge in [0, 0.05) is 24.7 Å². The molecule has 0 bridgehead atoms. The molecule has 0 aromatic heterocycles. The minimum atomic E-state index is -4.46. The van der Waals surface area contributed by atoms with Gasteiger partial charge in [0.25, 0.3) is 11.6 Å². The van der Waals surface area contributed by atoms with Crippen LogP contribution < -0.4 is 10.6 Å². The number of hydrogen-bond donors (Lipinski definition) is 2. The number of alkyl halides is 3. The van der Waals surface area contributed by atoms with E-state index in [1.165, 1.54) is 18.2 Å². The van der Waals surface area contributed by atoms with Crippen molar-refractivity contribution in [3.63, 3.8) is 0 Å². The fourth-order valence-electron chi connectivity index (χ4n) is 2.07. The number of nitro groups is 1. The second-order valence-corrected chi connectivity index (χ2v) is 5.03. The van der Waals surface area contributed by atoms with Crippen molar-refractivity contribution >= 4 is 17.3 Å². The molecule has 0 heterocycles. The number of nitrogens with zero attached hydrogens (tertiary/aromatic N) is 1. The Labute approximate surface area is 140 Å². The number of nitrogens with one attached hydrogen (secondary N) is 2. The second kappa shape index (κ2) is 7.65. The molecule has 2 rings (SSSR count). The summed E-state index contributed by atoms with van der Waals surface area (Å²) >= 11 is 0. The number of anilines is 1. The van der Waals surface area contributed by atoms with Crippen molar-refractivity contribution in [1.82, 2.24) is 5.32 Å². The molecule has 0 unspecified atom stereocenters. The summed E-state index contributed by atoms with van der Waals surface area (Å²) in [4.78, 5) is 22.2. The molecule has 0 atom stereocenters. The third kappa shape index (κ3) is 4.93. The smallest absolute Gasteiger partial charge is 0.378 e. The van der Waals surface area contributed by atoms with Gasteiger partial charge < -0.3 is 10.6 Å². The zero-order valence-corrected chi connectivity index (χ0v) is 12.8. The minimum absolute atomic E-state index is 0.0865. The first-order chi connectivity index (χ1) is 11.8. The van der Waals surface area contributed by atoms with E-state index in [4.69, 9.17) is 0 Å². The molecule has 0 aliphatic rings. The van der Waals surface area contributed by atoms with Gasteiger partial charge in [0.05, 0.1) is 10.5 Å². The lowest BCUT2D eigenvalue weighted by Gasteiger charge is -2.09. The summed E-state index contributed by atoms with van der Waals surface area (Å²) in [7, 11) is 0. The van der Waals surface area contributed by atoms with E-state index >= 15 is 0 Å². The predicted octanol–water partition coefficient (Wildman–Crippen LogP) is 3.46. The lowest BCUT2D eigenvalue weighted by Crippen LogP contribution is -2.28. The number of rotatable bonds is 6. The van der Waals surface area contributed by atoms with Crippen LogP contribution in [0.3, 0.4) is 0 Å². The van der Waals surface area contributed by atoms with Crippen LogP contribution in [-0.2, 0) is 6.18 Å². The first-order valence-corrected chi connectivity index (χ1v) is 7.22. The van der Waals surface area contributed by atoms with Gasteiger partial charge in [0.1, 0.15) is 5.69 Å². The second-order valence-electron chi connectivity index (χ2n) is 5.03. The third-order valence-corrected chi connectivity index (χ3v) is 3.30. The van der Waals surface area contributed by atoms with Gasteiger partial charge in [-0.15, -0.1) is 0 Å². The number of hydrogen-bond acceptors (Lipinski definition) is 4. The molecule has 1 amide bonds. The highest BCUT2D eigenvalue weighted by Gasteiger charge is 2.30. The molecular weight excluding hydrogens is 339 g/mol. The monoisotopic (exact) mass is 353 g/mol. The van der Waals surface area contributed by atoms with Crippen molar-refractivity contribution < 1.29 is 22.9 Å². The van der Waals surface area contributed by atoms with Gasteiger partial charge in [-0.2, -0.15) is 13.2 Å². The number of para-hydroxylation sites is 2. The van der Waals surface area contributed by atoms with Crippen LogP contribution in [0.15, 0.2) is 48.5 Å². The van der Waals surface area contributed by atoms with Crippen molar-refractivity contribution in [3.05, 3.63) is 69.8 Å². The molecule has 0 aliphatic heterocycles. The van der Waals surface area contributed by atoms with Crippen molar-refractivity contribution in [2.75, 3.05) is 18.4 Å². The molecule has 6 nitrogen and oxygen atoms in total. The van der Waals surface area contributed by atoms with E-state index in [9.17, 15) is 28.1 Å². The van der Waals surface area contributed by atoms with E-state index in [2.05, 4.69) is 10.6 Å². The Morgan fingerprint density at radius 1 is 1.04 bits per heavy atom. The maximum atomic E-state index is 12.5. The van der Waals surface area contributed by atoms with Gasteiger partial charge in [-0.1, -0.05) is 12.1 Å². The van der Waals surface area contributed by atoms with Gasteiger partial charge in [-0.05, 0) is 30.3 Å². The number of carbonyl (C=O) groups is 1. The maximum Gasteiger partial charge on any atom is 0.416 e. The first-order valence-electron chi connectivity index (χ1n) is 7.22. The van der Waals surface area contributed by atoms with Crippen LogP contribution in [0.1, 0.15) is 15.9 Å². The average Bonchev–Trinajstić information content (AvgIpc) is 2.58. The molecule has 0 spiro atoms. The average molecular weight is 353 g/mol. The number of halogens is 3. The van der Waals surface area contributed by atoms with Gasteiger partial charge in [0.15, 0.2) is 0 Å². The fraction of sp³-hybridized carbons (Fsp3) is 0.188. The first kappa shape index (κ1) is 18.2. The summed E-state index contributed by atoms with van der Waals surface area (Å²) in [6.45, 7) is 0.364. The summed E-state index contributed by atoms with van der Waals surface area (Å²) in [6, 6.07) is 9.91. The molecule has 0 saturated heterocycles. The van der Waals surface area contributed by atoms with E-state index in [-0.39, 0.29) is 24.3 Å². The summed E-state index contributed by atoms with van der Waals surface area (Å²) < 4.78 is 37.4. The summed E-state index contributed by atoms with van der Waals surface area (Å²) in [5, 5.41) is 16.2.